The molecule has 5 nitrogen and oxygen atoms in total. The molecular formula is C14H16N4O. The van der Waals surface area contributed by atoms with Crippen molar-refractivity contribution >= 4 is 17.4 Å². The second kappa shape index (κ2) is 5.95. The van der Waals surface area contributed by atoms with Crippen molar-refractivity contribution in [2.45, 2.75) is 13.8 Å². The van der Waals surface area contributed by atoms with Gasteiger partial charge in [0.05, 0.1) is 17.4 Å². The maximum Gasteiger partial charge on any atom is 0.259 e. The molecule has 98 valence electrons. The lowest BCUT2D eigenvalue weighted by Crippen LogP contribution is -2.16. The number of anilines is 2. The van der Waals surface area contributed by atoms with Gasteiger partial charge in [0.1, 0.15) is 5.82 Å². The minimum Gasteiger partial charge on any atom is -0.370 e. The zero-order chi connectivity index (χ0) is 13.7. The van der Waals surface area contributed by atoms with Gasteiger partial charge in [0.25, 0.3) is 5.91 Å². The number of nitrogens with zero attached hydrogens (tertiary/aromatic N) is 2. The van der Waals surface area contributed by atoms with Crippen molar-refractivity contribution in [2.75, 3.05) is 17.2 Å². The van der Waals surface area contributed by atoms with Crippen LogP contribution in [0.25, 0.3) is 0 Å². The van der Waals surface area contributed by atoms with Crippen LogP contribution in [0.3, 0.4) is 0 Å². The third-order valence-corrected chi connectivity index (χ3v) is 2.68. The van der Waals surface area contributed by atoms with Crippen molar-refractivity contribution in [3.05, 3.63) is 47.9 Å². The van der Waals surface area contributed by atoms with E-state index >= 15 is 0 Å². The number of nitrogens with one attached hydrogen (secondary N) is 2. The van der Waals surface area contributed by atoms with Crippen LogP contribution in [0.4, 0.5) is 11.5 Å². The zero-order valence-corrected chi connectivity index (χ0v) is 11.0. The third kappa shape index (κ3) is 3.07. The topological polar surface area (TPSA) is 66.9 Å². The standard InChI is InChI=1S/C14H16N4O/c1-3-16-13-11(5-4-7-17-13)14(19)18-12-9-15-8-6-10(12)2/h4-9H,3H2,1-2H3,(H,16,17)(H,18,19). The fourth-order valence-electron chi connectivity index (χ4n) is 1.68. The molecule has 5 heteroatoms. The predicted octanol–water partition coefficient (Wildman–Crippen LogP) is 2.47. The van der Waals surface area contributed by atoms with Crippen LogP contribution in [-0.4, -0.2) is 22.4 Å². The molecular weight excluding hydrogens is 240 g/mol. The van der Waals surface area contributed by atoms with Gasteiger partial charge in [-0.3, -0.25) is 9.78 Å². The Morgan fingerprint density at radius 2 is 2.16 bits per heavy atom. The Kier molecular flexibility index (Phi) is 4.07. The number of hydrogen-bond acceptors (Lipinski definition) is 4. The van der Waals surface area contributed by atoms with Crippen LogP contribution in [0, 0.1) is 6.92 Å². The Labute approximate surface area is 112 Å². The Bertz CT molecular complexity index is 583. The molecule has 0 aromatic carbocycles. The largest absolute Gasteiger partial charge is 0.370 e. The molecule has 0 fully saturated rings. The average molecular weight is 256 g/mol. The summed E-state index contributed by atoms with van der Waals surface area (Å²) in [6.45, 7) is 4.59. The fourth-order valence-corrected chi connectivity index (χ4v) is 1.68. The lowest BCUT2D eigenvalue weighted by Gasteiger charge is -2.10. The molecule has 0 aliphatic rings. The summed E-state index contributed by atoms with van der Waals surface area (Å²) >= 11 is 0. The monoisotopic (exact) mass is 256 g/mol. The van der Waals surface area contributed by atoms with Crippen molar-refractivity contribution in [3.63, 3.8) is 0 Å². The second-order valence-corrected chi connectivity index (χ2v) is 4.07. The molecule has 2 N–H and O–H groups in total. The first-order valence-corrected chi connectivity index (χ1v) is 6.13. The summed E-state index contributed by atoms with van der Waals surface area (Å²) in [4.78, 5) is 20.4. The molecule has 0 aliphatic heterocycles. The summed E-state index contributed by atoms with van der Waals surface area (Å²) in [6, 6.07) is 5.34. The molecule has 2 heterocycles. The molecule has 0 radical (unpaired) electrons. The summed E-state index contributed by atoms with van der Waals surface area (Å²) < 4.78 is 0. The number of aryl methyl sites for hydroxylation is 1. The maximum atomic E-state index is 12.2. The normalized spacial score (nSPS) is 10.0. The van der Waals surface area contributed by atoms with Crippen molar-refractivity contribution < 1.29 is 4.79 Å². The van der Waals surface area contributed by atoms with Crippen LogP contribution in [0.5, 0.6) is 0 Å². The van der Waals surface area contributed by atoms with Gasteiger partial charge in [-0.1, -0.05) is 0 Å². The summed E-state index contributed by atoms with van der Waals surface area (Å²) in [7, 11) is 0. The minimum atomic E-state index is -0.194. The second-order valence-electron chi connectivity index (χ2n) is 4.07. The van der Waals surface area contributed by atoms with Gasteiger partial charge in [-0.15, -0.1) is 0 Å². The Balaban J connectivity index is 2.23. The van der Waals surface area contributed by atoms with Gasteiger partial charge in [0.15, 0.2) is 0 Å². The van der Waals surface area contributed by atoms with E-state index in [9.17, 15) is 4.79 Å². The smallest absolute Gasteiger partial charge is 0.259 e. The molecule has 2 rings (SSSR count). The highest BCUT2D eigenvalue weighted by atomic mass is 16.1. The van der Waals surface area contributed by atoms with Crippen molar-refractivity contribution in [3.8, 4) is 0 Å². The molecule has 0 unspecified atom stereocenters. The molecule has 19 heavy (non-hydrogen) atoms. The van der Waals surface area contributed by atoms with Crippen molar-refractivity contribution in [1.82, 2.24) is 9.97 Å². The quantitative estimate of drug-likeness (QED) is 0.881. The molecule has 0 atom stereocenters. The van der Waals surface area contributed by atoms with Crippen LogP contribution < -0.4 is 10.6 Å². The highest BCUT2D eigenvalue weighted by molar-refractivity contribution is 6.07. The van der Waals surface area contributed by atoms with Gasteiger partial charge in [0, 0.05) is 18.9 Å². The first kappa shape index (κ1) is 13.0. The molecule has 0 saturated heterocycles. The van der Waals surface area contributed by atoms with Gasteiger partial charge in [-0.2, -0.15) is 0 Å². The number of aromatic nitrogens is 2. The Morgan fingerprint density at radius 3 is 2.89 bits per heavy atom. The van der Waals surface area contributed by atoms with E-state index in [4.69, 9.17) is 0 Å². The van der Waals surface area contributed by atoms with E-state index in [0.717, 1.165) is 5.56 Å². The summed E-state index contributed by atoms with van der Waals surface area (Å²) in [5.41, 5.74) is 2.20. The average Bonchev–Trinajstić information content (AvgIpc) is 2.42. The van der Waals surface area contributed by atoms with Crippen molar-refractivity contribution in [2.24, 2.45) is 0 Å². The van der Waals surface area contributed by atoms with Crippen LogP contribution in [-0.2, 0) is 0 Å². The molecule has 0 saturated carbocycles. The molecule has 1 amide bonds. The zero-order valence-electron chi connectivity index (χ0n) is 11.0. The highest BCUT2D eigenvalue weighted by Crippen LogP contribution is 2.16. The lowest BCUT2D eigenvalue weighted by atomic mass is 10.2. The van der Waals surface area contributed by atoms with Crippen LogP contribution >= 0.6 is 0 Å². The van der Waals surface area contributed by atoms with Gasteiger partial charge in [-0.05, 0) is 37.6 Å². The van der Waals surface area contributed by atoms with Crippen LogP contribution in [0.2, 0.25) is 0 Å². The summed E-state index contributed by atoms with van der Waals surface area (Å²) in [5.74, 6) is 0.393. The Morgan fingerprint density at radius 1 is 1.32 bits per heavy atom. The summed E-state index contributed by atoms with van der Waals surface area (Å²) in [6.07, 6.45) is 4.99. The van der Waals surface area contributed by atoms with Crippen LogP contribution in [0.15, 0.2) is 36.8 Å². The first-order chi connectivity index (χ1) is 9.22. The van der Waals surface area contributed by atoms with E-state index in [-0.39, 0.29) is 5.91 Å². The summed E-state index contributed by atoms with van der Waals surface area (Å²) in [5, 5.41) is 5.91. The van der Waals surface area contributed by atoms with E-state index < -0.39 is 0 Å². The molecule has 0 bridgehead atoms. The van der Waals surface area contributed by atoms with E-state index in [1.54, 1.807) is 30.7 Å². The van der Waals surface area contributed by atoms with E-state index in [2.05, 4.69) is 20.6 Å². The lowest BCUT2D eigenvalue weighted by molar-refractivity contribution is 0.102. The van der Waals surface area contributed by atoms with Gasteiger partial charge in [0.2, 0.25) is 0 Å². The van der Waals surface area contributed by atoms with Gasteiger partial charge < -0.3 is 10.6 Å². The van der Waals surface area contributed by atoms with Crippen molar-refractivity contribution in [1.29, 1.82) is 0 Å². The number of amides is 1. The number of hydrogen-bond donors (Lipinski definition) is 2. The van der Waals surface area contributed by atoms with E-state index in [1.807, 2.05) is 19.9 Å². The maximum absolute atomic E-state index is 12.2. The fraction of sp³-hybridized carbons (Fsp3) is 0.214. The molecule has 0 spiro atoms. The van der Waals surface area contributed by atoms with Gasteiger partial charge in [-0.25, -0.2) is 4.98 Å². The van der Waals surface area contributed by atoms with Crippen LogP contribution in [0.1, 0.15) is 22.8 Å². The SMILES string of the molecule is CCNc1ncccc1C(=O)Nc1cnccc1C. The molecule has 0 aliphatic carbocycles. The number of carbonyl (C=O) groups excluding carboxylic acids is 1. The Hall–Kier alpha value is -2.43. The first-order valence-electron chi connectivity index (χ1n) is 6.13. The minimum absolute atomic E-state index is 0.194. The molecule has 2 aromatic rings. The van der Waals surface area contributed by atoms with Gasteiger partial charge >= 0.3 is 0 Å². The predicted molar refractivity (Wildman–Crippen MR) is 75.3 cm³/mol. The highest BCUT2D eigenvalue weighted by Gasteiger charge is 2.12. The number of carbonyl (C=O) groups is 1. The molecule has 2 aromatic heterocycles. The number of pyridine rings is 2. The third-order valence-electron chi connectivity index (χ3n) is 2.68. The van der Waals surface area contributed by atoms with E-state index in [1.165, 1.54) is 0 Å². The number of rotatable bonds is 4. The van der Waals surface area contributed by atoms with E-state index in [0.29, 0.717) is 23.6 Å².